The van der Waals surface area contributed by atoms with Gasteiger partial charge in [0.25, 0.3) is 0 Å². The fourth-order valence-corrected chi connectivity index (χ4v) is 5.36. The number of hydrogen-bond acceptors (Lipinski definition) is 5. The Kier molecular flexibility index (Phi) is 7.53. The van der Waals surface area contributed by atoms with Gasteiger partial charge in [-0.15, -0.1) is 3.89 Å². The molecule has 1 atom stereocenters. The lowest BCUT2D eigenvalue weighted by Gasteiger charge is -2.38. The van der Waals surface area contributed by atoms with E-state index in [2.05, 4.69) is 0 Å². The van der Waals surface area contributed by atoms with Gasteiger partial charge >= 0.3 is 28.3 Å². The maximum atomic E-state index is 13.3. The molecule has 3 rings (SSSR count). The lowest BCUT2D eigenvalue weighted by Crippen LogP contribution is -2.58. The highest BCUT2D eigenvalue weighted by Crippen LogP contribution is 2.41. The van der Waals surface area contributed by atoms with Crippen LogP contribution in [0, 0.1) is 0 Å². The molecule has 13 heteroatoms. The van der Waals surface area contributed by atoms with Gasteiger partial charge in [-0.3, -0.25) is 0 Å². The van der Waals surface area contributed by atoms with Gasteiger partial charge in [0.15, 0.2) is 18.0 Å². The minimum Gasteiger partial charge on any atom is -0.457 e. The average Bonchev–Trinajstić information content (AvgIpc) is 2.76. The van der Waals surface area contributed by atoms with Gasteiger partial charge in [0.1, 0.15) is 18.0 Å². The van der Waals surface area contributed by atoms with Gasteiger partial charge in [-0.1, -0.05) is 18.2 Å². The maximum Gasteiger partial charge on any atom is 0.422 e. The minimum atomic E-state index is -5.27. The third kappa shape index (κ3) is 6.16. The topological polar surface area (TPSA) is 78.6 Å². The molecule has 2 N–H and O–H groups in total. The monoisotopic (exact) mass is 523 g/mol. The molecule has 0 spiro atoms. The number of sulfonamides is 1. The molecule has 1 heterocycles. The van der Waals surface area contributed by atoms with Crippen molar-refractivity contribution in [3.05, 3.63) is 78.2 Å². The summed E-state index contributed by atoms with van der Waals surface area (Å²) in [5, 5.41) is 0. The van der Waals surface area contributed by atoms with Crippen molar-refractivity contribution in [1.82, 2.24) is 3.89 Å². The Hall–Kier alpha value is -3.03. The maximum absolute atomic E-state index is 13.3. The zero-order chi connectivity index (χ0) is 25.9. The van der Waals surface area contributed by atoms with Crippen LogP contribution >= 0.6 is 0 Å². The van der Waals surface area contributed by atoms with E-state index < -0.39 is 57.6 Å². The average molecular weight is 523 g/mol. The highest BCUT2D eigenvalue weighted by Gasteiger charge is 2.56. The van der Waals surface area contributed by atoms with Crippen molar-refractivity contribution < 1.29 is 44.2 Å². The van der Waals surface area contributed by atoms with Gasteiger partial charge in [0.05, 0.1) is 5.57 Å². The molecular weight excluding hydrogens is 502 g/mol. The zero-order valence-electron chi connectivity index (χ0n) is 18.0. The minimum absolute atomic E-state index is 0.184. The van der Waals surface area contributed by atoms with Gasteiger partial charge in [-0.2, -0.15) is 34.8 Å². The molecule has 0 saturated heterocycles. The number of benzene rings is 2. The molecule has 190 valence electrons. The number of nitrogens with zero attached hydrogens (tertiary/aromatic N) is 1. The molecule has 35 heavy (non-hydrogen) atoms. The molecule has 1 aliphatic heterocycles. The Bertz CT molecular complexity index is 1190. The fourth-order valence-electron chi connectivity index (χ4n) is 3.55. The number of ether oxygens (including phenoxy) is 2. The molecule has 2 aromatic carbocycles. The first-order chi connectivity index (χ1) is 16.3. The van der Waals surface area contributed by atoms with Gasteiger partial charge in [0, 0.05) is 18.7 Å². The summed E-state index contributed by atoms with van der Waals surface area (Å²) in [5.41, 5.74) is 5.14. The van der Waals surface area contributed by atoms with E-state index in [1.807, 2.05) is 0 Å². The van der Waals surface area contributed by atoms with E-state index in [0.29, 0.717) is 5.75 Å². The summed E-state index contributed by atoms with van der Waals surface area (Å²) in [4.78, 5) is 0. The first-order valence-electron chi connectivity index (χ1n) is 10.1. The largest absolute Gasteiger partial charge is 0.457 e. The number of para-hydroxylation sites is 1. The van der Waals surface area contributed by atoms with Crippen LogP contribution in [0.25, 0.3) is 0 Å². The standard InChI is InChI=1S/C22H21F6N2O4S/c23-21(24,25)14-33-20-16(13-29)5-4-12-30(20,35(31,32)15-22(26,27)28)17-8-10-19(11-9-17)34-18-6-2-1-3-7-18/h1-11H,12-15,29H2/q+1. The highest BCUT2D eigenvalue weighted by atomic mass is 32.2. The van der Waals surface area contributed by atoms with E-state index in [4.69, 9.17) is 15.2 Å². The smallest absolute Gasteiger partial charge is 0.422 e. The Morgan fingerprint density at radius 1 is 0.886 bits per heavy atom. The molecule has 1 unspecified atom stereocenters. The summed E-state index contributed by atoms with van der Waals surface area (Å²) in [6, 6.07) is 13.4. The summed E-state index contributed by atoms with van der Waals surface area (Å²) in [6.07, 6.45) is -7.59. The molecule has 0 bridgehead atoms. The molecule has 0 amide bonds. The highest BCUT2D eigenvalue weighted by molar-refractivity contribution is 7.91. The molecular formula is C22H21F6N2O4S+. The Morgan fingerprint density at radius 2 is 1.49 bits per heavy atom. The Balaban J connectivity index is 2.15. The predicted octanol–water partition coefficient (Wildman–Crippen LogP) is 5.00. The van der Waals surface area contributed by atoms with Crippen LogP contribution in [0.2, 0.25) is 0 Å². The summed E-state index contributed by atoms with van der Waals surface area (Å²) < 4.78 is 114. The summed E-state index contributed by atoms with van der Waals surface area (Å²) >= 11 is 0. The van der Waals surface area contributed by atoms with Crippen molar-refractivity contribution in [1.29, 1.82) is 0 Å². The molecule has 1 aliphatic rings. The lowest BCUT2D eigenvalue weighted by atomic mass is 10.1. The van der Waals surface area contributed by atoms with Crippen LogP contribution in [0.15, 0.2) is 78.2 Å². The van der Waals surface area contributed by atoms with Gasteiger partial charge < -0.3 is 15.2 Å². The number of alkyl halides is 6. The number of hydrogen-bond donors (Lipinski definition) is 1. The number of rotatable bonds is 8. The van der Waals surface area contributed by atoms with Crippen molar-refractivity contribution >= 4 is 15.7 Å². The van der Waals surface area contributed by atoms with Crippen LogP contribution < -0.4 is 14.4 Å². The normalized spacial score (nSPS) is 19.1. The second kappa shape index (κ2) is 9.91. The fraction of sp³-hybridized carbons (Fsp3) is 0.273. The summed E-state index contributed by atoms with van der Waals surface area (Å²) in [5.74, 6) is -2.48. The van der Waals surface area contributed by atoms with E-state index in [1.54, 1.807) is 30.3 Å². The third-order valence-corrected chi connectivity index (χ3v) is 7.10. The van der Waals surface area contributed by atoms with Gasteiger partial charge in [-0.05, 0) is 36.4 Å². The van der Waals surface area contributed by atoms with Gasteiger partial charge in [-0.25, -0.2) is 0 Å². The van der Waals surface area contributed by atoms with Crippen LogP contribution in [0.5, 0.6) is 11.5 Å². The predicted molar refractivity (Wildman–Crippen MR) is 117 cm³/mol. The van der Waals surface area contributed by atoms with Crippen LogP contribution in [-0.4, -0.2) is 46.2 Å². The van der Waals surface area contributed by atoms with Crippen LogP contribution in [0.3, 0.4) is 0 Å². The first-order valence-corrected chi connectivity index (χ1v) is 11.7. The van der Waals surface area contributed by atoms with E-state index >= 15 is 0 Å². The Morgan fingerprint density at radius 3 is 2.03 bits per heavy atom. The molecule has 6 nitrogen and oxygen atoms in total. The molecule has 0 saturated carbocycles. The van der Waals surface area contributed by atoms with Crippen molar-refractivity contribution in [2.45, 2.75) is 12.4 Å². The van der Waals surface area contributed by atoms with Crippen LogP contribution in [0.4, 0.5) is 32.0 Å². The number of nitrogens with two attached hydrogens (primary N) is 1. The van der Waals surface area contributed by atoms with Crippen LogP contribution in [0.1, 0.15) is 0 Å². The van der Waals surface area contributed by atoms with Crippen molar-refractivity contribution in [3.8, 4) is 11.5 Å². The van der Waals surface area contributed by atoms with E-state index in [0.717, 1.165) is 12.1 Å². The lowest BCUT2D eigenvalue weighted by molar-refractivity contribution is -0.168. The molecule has 0 aliphatic carbocycles. The van der Waals surface area contributed by atoms with Gasteiger partial charge in [0.2, 0.25) is 0 Å². The SMILES string of the molecule is NCC1=C(OCC(F)(F)F)[N+](c2ccc(Oc3ccccc3)cc2)(S(=O)(=O)CC(F)(F)F)CC=C1. The second-order valence-corrected chi connectivity index (χ2v) is 9.59. The number of halogens is 6. The van der Waals surface area contributed by atoms with E-state index in [9.17, 15) is 34.8 Å². The molecule has 0 radical (unpaired) electrons. The summed E-state index contributed by atoms with van der Waals surface area (Å²) in [6.45, 7) is -3.04. The third-order valence-electron chi connectivity index (χ3n) is 4.93. The Labute approximate surface area is 197 Å². The molecule has 0 fully saturated rings. The van der Waals surface area contributed by atoms with Crippen molar-refractivity contribution in [2.24, 2.45) is 5.73 Å². The molecule has 0 aromatic heterocycles. The first kappa shape index (κ1) is 26.6. The zero-order valence-corrected chi connectivity index (χ0v) is 18.8. The van der Waals surface area contributed by atoms with Crippen molar-refractivity contribution in [3.63, 3.8) is 0 Å². The quantitative estimate of drug-likeness (QED) is 0.389. The van der Waals surface area contributed by atoms with E-state index in [-0.39, 0.29) is 17.0 Å². The van der Waals surface area contributed by atoms with Crippen LogP contribution in [-0.2, 0) is 14.8 Å². The molecule has 2 aromatic rings. The van der Waals surface area contributed by atoms with Crippen molar-refractivity contribution in [2.75, 3.05) is 25.4 Å². The number of quaternary nitrogens is 1. The second-order valence-electron chi connectivity index (χ2n) is 7.51. The summed E-state index contributed by atoms with van der Waals surface area (Å²) in [7, 11) is -5.27. The van der Waals surface area contributed by atoms with E-state index in [1.165, 1.54) is 24.3 Å².